The highest BCUT2D eigenvalue weighted by molar-refractivity contribution is 5.72. The third-order valence-corrected chi connectivity index (χ3v) is 3.90. The van der Waals surface area contributed by atoms with Gasteiger partial charge < -0.3 is 9.47 Å². The van der Waals surface area contributed by atoms with E-state index in [2.05, 4.69) is 0 Å². The molecule has 0 spiro atoms. The first kappa shape index (κ1) is 10.9. The summed E-state index contributed by atoms with van der Waals surface area (Å²) in [5.74, 6) is 1.31. The van der Waals surface area contributed by atoms with Crippen LogP contribution in [0.15, 0.2) is 0 Å². The third kappa shape index (κ3) is 2.03. The number of hydrogen-bond donors (Lipinski definition) is 0. The van der Waals surface area contributed by atoms with E-state index >= 15 is 0 Å². The van der Waals surface area contributed by atoms with Crippen molar-refractivity contribution in [1.82, 2.24) is 0 Å². The fraction of sp³-hybridized carbons (Fsp3) is 0.917. The SMILES string of the molecule is CCOC(=O)C1CC2CCC(C1)C2OC. The lowest BCUT2D eigenvalue weighted by atomic mass is 9.79. The zero-order chi connectivity index (χ0) is 10.8. The summed E-state index contributed by atoms with van der Waals surface area (Å²) in [7, 11) is 1.79. The van der Waals surface area contributed by atoms with Crippen LogP contribution in [0.1, 0.15) is 32.6 Å². The van der Waals surface area contributed by atoms with E-state index in [1.54, 1.807) is 7.11 Å². The highest BCUT2D eigenvalue weighted by Crippen LogP contribution is 2.46. The number of fused-ring (bicyclic) bond motifs is 2. The number of ether oxygens (including phenoxy) is 2. The van der Waals surface area contributed by atoms with Crippen LogP contribution in [0.5, 0.6) is 0 Å². The van der Waals surface area contributed by atoms with Crippen LogP contribution in [0.2, 0.25) is 0 Å². The number of hydrogen-bond acceptors (Lipinski definition) is 3. The van der Waals surface area contributed by atoms with E-state index in [0.29, 0.717) is 24.5 Å². The number of carbonyl (C=O) groups excluding carboxylic acids is 1. The van der Waals surface area contributed by atoms with E-state index in [-0.39, 0.29) is 11.9 Å². The van der Waals surface area contributed by atoms with Crippen molar-refractivity contribution in [2.75, 3.05) is 13.7 Å². The van der Waals surface area contributed by atoms with Crippen LogP contribution >= 0.6 is 0 Å². The first-order chi connectivity index (χ1) is 7.26. The van der Waals surface area contributed by atoms with E-state index in [1.807, 2.05) is 6.92 Å². The molecule has 2 aliphatic rings. The molecule has 2 rings (SSSR count). The van der Waals surface area contributed by atoms with Gasteiger partial charge in [0.25, 0.3) is 0 Å². The fourth-order valence-corrected chi connectivity index (χ4v) is 3.31. The number of rotatable bonds is 3. The monoisotopic (exact) mass is 212 g/mol. The van der Waals surface area contributed by atoms with Gasteiger partial charge in [-0.2, -0.15) is 0 Å². The average molecular weight is 212 g/mol. The molecule has 0 aromatic rings. The lowest BCUT2D eigenvalue weighted by Gasteiger charge is -2.33. The van der Waals surface area contributed by atoms with Gasteiger partial charge in [-0.05, 0) is 44.4 Å². The van der Waals surface area contributed by atoms with Crippen LogP contribution in [0.25, 0.3) is 0 Å². The minimum atomic E-state index is 0.00366. The van der Waals surface area contributed by atoms with Crippen LogP contribution in [-0.4, -0.2) is 25.8 Å². The molecule has 0 aromatic heterocycles. The third-order valence-electron chi connectivity index (χ3n) is 3.90. The average Bonchev–Trinajstić information content (AvgIpc) is 2.47. The Morgan fingerprint density at radius 2 is 1.87 bits per heavy atom. The molecule has 0 aromatic carbocycles. The van der Waals surface area contributed by atoms with Crippen molar-refractivity contribution < 1.29 is 14.3 Å². The highest BCUT2D eigenvalue weighted by Gasteiger charge is 2.45. The summed E-state index contributed by atoms with van der Waals surface area (Å²) in [5.41, 5.74) is 0. The van der Waals surface area contributed by atoms with Crippen molar-refractivity contribution in [2.24, 2.45) is 17.8 Å². The molecule has 0 aliphatic heterocycles. The molecule has 0 N–H and O–H groups in total. The summed E-state index contributed by atoms with van der Waals surface area (Å²) in [5, 5.41) is 0. The van der Waals surface area contributed by atoms with Gasteiger partial charge in [0.15, 0.2) is 0 Å². The van der Waals surface area contributed by atoms with Crippen molar-refractivity contribution in [2.45, 2.75) is 38.7 Å². The Bertz CT molecular complexity index is 225. The van der Waals surface area contributed by atoms with Gasteiger partial charge in [-0.3, -0.25) is 4.79 Å². The van der Waals surface area contributed by atoms with E-state index < -0.39 is 0 Å². The second kappa shape index (κ2) is 4.52. The van der Waals surface area contributed by atoms with E-state index in [9.17, 15) is 4.79 Å². The number of carbonyl (C=O) groups is 1. The van der Waals surface area contributed by atoms with Crippen LogP contribution in [0, 0.1) is 17.8 Å². The predicted molar refractivity (Wildman–Crippen MR) is 56.4 cm³/mol. The maximum Gasteiger partial charge on any atom is 0.308 e. The van der Waals surface area contributed by atoms with E-state index in [1.165, 1.54) is 12.8 Å². The minimum Gasteiger partial charge on any atom is -0.466 e. The molecule has 2 saturated carbocycles. The van der Waals surface area contributed by atoms with Crippen LogP contribution in [0.3, 0.4) is 0 Å². The molecule has 2 bridgehead atoms. The molecule has 0 radical (unpaired) electrons. The molecule has 0 saturated heterocycles. The van der Waals surface area contributed by atoms with Crippen molar-refractivity contribution in [3.05, 3.63) is 0 Å². The molecule has 86 valence electrons. The molecule has 2 atom stereocenters. The van der Waals surface area contributed by atoms with E-state index in [0.717, 1.165) is 12.8 Å². The lowest BCUT2D eigenvalue weighted by molar-refractivity contribution is -0.151. The van der Waals surface area contributed by atoms with Gasteiger partial charge in [0.1, 0.15) is 0 Å². The topological polar surface area (TPSA) is 35.5 Å². The summed E-state index contributed by atoms with van der Waals surface area (Å²) >= 11 is 0. The Hall–Kier alpha value is -0.570. The normalized spacial score (nSPS) is 39.1. The Kier molecular flexibility index (Phi) is 3.29. The Labute approximate surface area is 91.1 Å². The van der Waals surface area contributed by atoms with Crippen LogP contribution < -0.4 is 0 Å². The first-order valence-electron chi connectivity index (χ1n) is 5.95. The molecule has 0 amide bonds. The van der Waals surface area contributed by atoms with Crippen molar-refractivity contribution >= 4 is 5.97 Å². The molecule has 2 fully saturated rings. The fourth-order valence-electron chi connectivity index (χ4n) is 3.31. The molecule has 15 heavy (non-hydrogen) atoms. The zero-order valence-electron chi connectivity index (χ0n) is 9.57. The molecule has 2 aliphatic carbocycles. The number of esters is 1. The van der Waals surface area contributed by atoms with Crippen LogP contribution in [0.4, 0.5) is 0 Å². The summed E-state index contributed by atoms with van der Waals surface area (Å²) in [6.45, 7) is 2.37. The second-order valence-electron chi connectivity index (χ2n) is 4.72. The smallest absolute Gasteiger partial charge is 0.308 e. The van der Waals surface area contributed by atoms with Gasteiger partial charge in [0, 0.05) is 7.11 Å². The second-order valence-corrected chi connectivity index (χ2v) is 4.72. The molecule has 3 nitrogen and oxygen atoms in total. The van der Waals surface area contributed by atoms with Gasteiger partial charge in [0.2, 0.25) is 0 Å². The molecular weight excluding hydrogens is 192 g/mol. The van der Waals surface area contributed by atoms with Gasteiger partial charge in [-0.25, -0.2) is 0 Å². The molecule has 3 heteroatoms. The first-order valence-corrected chi connectivity index (χ1v) is 5.95. The maximum atomic E-state index is 11.6. The van der Waals surface area contributed by atoms with Gasteiger partial charge in [-0.1, -0.05) is 0 Å². The van der Waals surface area contributed by atoms with Crippen LogP contribution in [-0.2, 0) is 14.3 Å². The predicted octanol–water partition coefficient (Wildman–Crippen LogP) is 2.00. The standard InChI is InChI=1S/C12H20O3/c1-3-15-12(13)10-6-8-4-5-9(7-10)11(8)14-2/h8-11H,3-7H2,1-2H3. The van der Waals surface area contributed by atoms with Crippen molar-refractivity contribution in [3.63, 3.8) is 0 Å². The highest BCUT2D eigenvalue weighted by atomic mass is 16.5. The van der Waals surface area contributed by atoms with E-state index in [4.69, 9.17) is 9.47 Å². The van der Waals surface area contributed by atoms with Gasteiger partial charge in [0.05, 0.1) is 18.6 Å². The zero-order valence-corrected chi connectivity index (χ0v) is 9.57. The number of methoxy groups -OCH3 is 1. The summed E-state index contributed by atoms with van der Waals surface area (Å²) in [6, 6.07) is 0. The summed E-state index contributed by atoms with van der Waals surface area (Å²) in [4.78, 5) is 11.6. The Balaban J connectivity index is 1.96. The Morgan fingerprint density at radius 3 is 2.33 bits per heavy atom. The Morgan fingerprint density at radius 1 is 1.27 bits per heavy atom. The van der Waals surface area contributed by atoms with Crippen molar-refractivity contribution in [3.8, 4) is 0 Å². The molecule has 2 unspecified atom stereocenters. The summed E-state index contributed by atoms with van der Waals surface area (Å²) in [6.07, 6.45) is 4.77. The lowest BCUT2D eigenvalue weighted by Crippen LogP contribution is -2.35. The van der Waals surface area contributed by atoms with Crippen molar-refractivity contribution in [1.29, 1.82) is 0 Å². The molecular formula is C12H20O3. The quantitative estimate of drug-likeness (QED) is 0.671. The largest absolute Gasteiger partial charge is 0.466 e. The molecule has 0 heterocycles. The van der Waals surface area contributed by atoms with Gasteiger partial charge >= 0.3 is 5.97 Å². The summed E-state index contributed by atoms with van der Waals surface area (Å²) < 4.78 is 10.6. The van der Waals surface area contributed by atoms with Gasteiger partial charge in [-0.15, -0.1) is 0 Å². The maximum absolute atomic E-state index is 11.6. The minimum absolute atomic E-state index is 0.00366.